The molecule has 0 atom stereocenters. The molecule has 0 saturated carbocycles. The highest BCUT2D eigenvalue weighted by atomic mass is 35.5. The molecule has 0 aliphatic heterocycles. The third-order valence-electron chi connectivity index (χ3n) is 1.53. The molecule has 2 nitrogen and oxygen atoms in total. The van der Waals surface area contributed by atoms with Crippen LogP contribution in [-0.4, -0.2) is 18.8 Å². The Kier molecular flexibility index (Phi) is 3.11. The lowest BCUT2D eigenvalue weighted by molar-refractivity contribution is 0.102. The van der Waals surface area contributed by atoms with Crippen LogP contribution in [0, 0.1) is 0 Å². The Bertz CT molecular complexity index is 266. The Morgan fingerprint density at radius 3 is 2.42 bits per heavy atom. The van der Waals surface area contributed by atoms with E-state index in [-0.39, 0.29) is 11.7 Å². The van der Waals surface area contributed by atoms with E-state index in [2.05, 4.69) is 0 Å². The molecule has 12 heavy (non-hydrogen) atoms. The zero-order valence-corrected chi connectivity index (χ0v) is 7.47. The molecule has 0 spiro atoms. The highest BCUT2D eigenvalue weighted by Gasteiger charge is 2.02. The van der Waals surface area contributed by atoms with Gasteiger partial charge in [-0.15, -0.1) is 11.6 Å². The highest BCUT2D eigenvalue weighted by Crippen LogP contribution is 2.11. The number of carbonyl (C=O) groups is 1. The molecule has 3 heteroatoms. The topological polar surface area (TPSA) is 26.3 Å². The molecule has 0 saturated heterocycles. The summed E-state index contributed by atoms with van der Waals surface area (Å²) in [6.45, 7) is 0. The predicted molar refractivity (Wildman–Crippen MR) is 48.0 cm³/mol. The summed E-state index contributed by atoms with van der Waals surface area (Å²) in [5.74, 6) is 0.687. The molecule has 0 amide bonds. The third-order valence-corrected chi connectivity index (χ3v) is 1.78. The molecule has 0 heterocycles. The molecule has 1 aromatic carbocycles. The van der Waals surface area contributed by atoms with Gasteiger partial charge in [-0.3, -0.25) is 4.79 Å². The molecular weight excluding hydrogens is 176 g/mol. The number of alkyl halides is 1. The van der Waals surface area contributed by atoms with Crippen LogP contribution < -0.4 is 4.74 Å². The van der Waals surface area contributed by atoms with Crippen LogP contribution in [0.2, 0.25) is 0 Å². The first-order chi connectivity index (χ1) is 5.77. The standard InChI is InChI=1S/C9H9ClO2/c1-12-8-4-2-7(3-5-8)9(11)6-10/h2-5H,6H2,1H3. The largest absolute Gasteiger partial charge is 0.497 e. The third kappa shape index (κ3) is 1.98. The molecule has 1 aromatic rings. The Hall–Kier alpha value is -1.02. The van der Waals surface area contributed by atoms with Crippen LogP contribution in [0.25, 0.3) is 0 Å². The van der Waals surface area contributed by atoms with Gasteiger partial charge in [0.2, 0.25) is 0 Å². The molecule has 64 valence electrons. The van der Waals surface area contributed by atoms with Crippen molar-refractivity contribution in [3.63, 3.8) is 0 Å². The van der Waals surface area contributed by atoms with Gasteiger partial charge in [-0.2, -0.15) is 0 Å². The van der Waals surface area contributed by atoms with E-state index >= 15 is 0 Å². The van der Waals surface area contributed by atoms with Gasteiger partial charge in [-0.05, 0) is 24.3 Å². The van der Waals surface area contributed by atoms with Crippen molar-refractivity contribution >= 4 is 17.4 Å². The second kappa shape index (κ2) is 4.12. The van der Waals surface area contributed by atoms with E-state index in [1.165, 1.54) is 0 Å². The van der Waals surface area contributed by atoms with E-state index in [9.17, 15) is 4.79 Å². The van der Waals surface area contributed by atoms with Crippen LogP contribution in [-0.2, 0) is 0 Å². The van der Waals surface area contributed by atoms with Crippen molar-refractivity contribution in [2.45, 2.75) is 0 Å². The Labute approximate surface area is 76.1 Å². The first-order valence-corrected chi connectivity index (χ1v) is 4.04. The monoisotopic (exact) mass is 184 g/mol. The number of rotatable bonds is 3. The molecular formula is C9H9ClO2. The summed E-state index contributed by atoms with van der Waals surface area (Å²) in [6, 6.07) is 6.87. The first kappa shape index (κ1) is 9.07. The Balaban J connectivity index is 2.84. The fraction of sp³-hybridized carbons (Fsp3) is 0.222. The van der Waals surface area contributed by atoms with E-state index < -0.39 is 0 Å². The fourth-order valence-electron chi connectivity index (χ4n) is 0.854. The smallest absolute Gasteiger partial charge is 0.177 e. The maximum absolute atomic E-state index is 11.0. The van der Waals surface area contributed by atoms with Crippen LogP contribution in [0.4, 0.5) is 0 Å². The quantitative estimate of drug-likeness (QED) is 0.531. The molecule has 0 aromatic heterocycles. The second-order valence-electron chi connectivity index (χ2n) is 2.29. The molecule has 0 unspecified atom stereocenters. The summed E-state index contributed by atoms with van der Waals surface area (Å²) in [5.41, 5.74) is 0.616. The minimum Gasteiger partial charge on any atom is -0.497 e. The van der Waals surface area contributed by atoms with Crippen molar-refractivity contribution in [2.75, 3.05) is 13.0 Å². The van der Waals surface area contributed by atoms with Crippen LogP contribution in [0.3, 0.4) is 0 Å². The summed E-state index contributed by atoms with van der Waals surface area (Å²) in [7, 11) is 1.58. The van der Waals surface area contributed by atoms with Crippen molar-refractivity contribution < 1.29 is 9.53 Å². The van der Waals surface area contributed by atoms with Gasteiger partial charge in [0.25, 0.3) is 0 Å². The summed E-state index contributed by atoms with van der Waals surface area (Å²) in [6.07, 6.45) is 0. The molecule has 0 N–H and O–H groups in total. The lowest BCUT2D eigenvalue weighted by Crippen LogP contribution is -1.99. The van der Waals surface area contributed by atoms with Gasteiger partial charge >= 0.3 is 0 Å². The van der Waals surface area contributed by atoms with Gasteiger partial charge in [-0.25, -0.2) is 0 Å². The number of hydrogen-bond acceptors (Lipinski definition) is 2. The Morgan fingerprint density at radius 1 is 1.42 bits per heavy atom. The molecule has 0 radical (unpaired) electrons. The van der Waals surface area contributed by atoms with Crippen molar-refractivity contribution in [2.24, 2.45) is 0 Å². The fourth-order valence-corrected chi connectivity index (χ4v) is 1.01. The minimum atomic E-state index is -0.0701. The summed E-state index contributed by atoms with van der Waals surface area (Å²) < 4.78 is 4.94. The molecule has 1 rings (SSSR count). The number of benzene rings is 1. The van der Waals surface area contributed by atoms with Crippen molar-refractivity contribution in [3.05, 3.63) is 29.8 Å². The molecule has 0 aliphatic carbocycles. The van der Waals surface area contributed by atoms with E-state index in [0.717, 1.165) is 5.75 Å². The molecule has 0 bridgehead atoms. The first-order valence-electron chi connectivity index (χ1n) is 3.51. The van der Waals surface area contributed by atoms with Gasteiger partial charge in [-0.1, -0.05) is 0 Å². The van der Waals surface area contributed by atoms with E-state index in [1.54, 1.807) is 31.4 Å². The number of ether oxygens (including phenoxy) is 1. The number of ketones is 1. The average Bonchev–Trinajstić information content (AvgIpc) is 2.17. The Morgan fingerprint density at radius 2 is 2.00 bits per heavy atom. The van der Waals surface area contributed by atoms with Crippen LogP contribution in [0.15, 0.2) is 24.3 Å². The van der Waals surface area contributed by atoms with E-state index in [1.807, 2.05) is 0 Å². The van der Waals surface area contributed by atoms with Crippen molar-refractivity contribution in [1.82, 2.24) is 0 Å². The van der Waals surface area contributed by atoms with Gasteiger partial charge < -0.3 is 4.74 Å². The van der Waals surface area contributed by atoms with Crippen molar-refractivity contribution in [1.29, 1.82) is 0 Å². The lowest BCUT2D eigenvalue weighted by Gasteiger charge is -1.99. The zero-order valence-electron chi connectivity index (χ0n) is 6.71. The highest BCUT2D eigenvalue weighted by molar-refractivity contribution is 6.30. The van der Waals surface area contributed by atoms with Gasteiger partial charge in [0, 0.05) is 5.56 Å². The van der Waals surface area contributed by atoms with Crippen LogP contribution in [0.1, 0.15) is 10.4 Å². The zero-order chi connectivity index (χ0) is 8.97. The molecule has 0 fully saturated rings. The van der Waals surface area contributed by atoms with Crippen molar-refractivity contribution in [3.8, 4) is 5.75 Å². The SMILES string of the molecule is COc1ccc(C(=O)CCl)cc1. The maximum atomic E-state index is 11.0. The van der Waals surface area contributed by atoms with Gasteiger partial charge in [0.05, 0.1) is 13.0 Å². The average molecular weight is 185 g/mol. The lowest BCUT2D eigenvalue weighted by atomic mass is 10.1. The molecule has 0 aliphatic rings. The number of carbonyl (C=O) groups excluding carboxylic acids is 1. The predicted octanol–water partition coefficient (Wildman–Crippen LogP) is 2.12. The van der Waals surface area contributed by atoms with E-state index in [4.69, 9.17) is 16.3 Å². The van der Waals surface area contributed by atoms with Crippen LogP contribution >= 0.6 is 11.6 Å². The van der Waals surface area contributed by atoms with E-state index in [0.29, 0.717) is 5.56 Å². The summed E-state index contributed by atoms with van der Waals surface area (Å²) in [4.78, 5) is 11.0. The number of halogens is 1. The summed E-state index contributed by atoms with van der Waals surface area (Å²) in [5, 5.41) is 0. The number of hydrogen-bond donors (Lipinski definition) is 0. The minimum absolute atomic E-state index is 0.0202. The number of methoxy groups -OCH3 is 1. The van der Waals surface area contributed by atoms with Gasteiger partial charge in [0.15, 0.2) is 5.78 Å². The number of Topliss-reactive ketones (excluding diaryl/α,β-unsaturated/α-hetero) is 1. The maximum Gasteiger partial charge on any atom is 0.177 e. The second-order valence-corrected chi connectivity index (χ2v) is 2.55. The van der Waals surface area contributed by atoms with Crippen LogP contribution in [0.5, 0.6) is 5.75 Å². The summed E-state index contributed by atoms with van der Waals surface area (Å²) >= 11 is 5.38. The normalized spacial score (nSPS) is 9.50. The van der Waals surface area contributed by atoms with Gasteiger partial charge in [0.1, 0.15) is 5.75 Å².